The molecule has 3 saturated heterocycles. The number of nitrogens with one attached hydrogen (secondary N) is 2. The van der Waals surface area contributed by atoms with Crippen molar-refractivity contribution in [2.45, 2.75) is 68.9 Å². The molecule has 58 heavy (non-hydrogen) atoms. The van der Waals surface area contributed by atoms with Crippen LogP contribution in [0.4, 0.5) is 34.1 Å². The van der Waals surface area contributed by atoms with Crippen LogP contribution in [-0.2, 0) is 42.9 Å². The monoisotopic (exact) mass is 834 g/mol. The number of rotatable bonds is 9. The van der Waals surface area contributed by atoms with Crippen molar-refractivity contribution < 1.29 is 46.6 Å². The molecule has 4 N–H and O–H groups in total. The standard InChI is InChI=1S/C39H50ClF3N8O7/c1-47(2)33(52)23-57-36(54)31-22-45-12-18-50(31)26-8-13-48(14-9-26)35(53)32(21-24-19-28(39(41,42)43)34(44)29(40)20-24)58-38(56)49-15-10-27(11-16-49)51-17-7-25-5-3-4-6-30(25)46-37(51)55/h3-6,19-20,26-27,31-32,45H,7-18,21-23,44H2,1-2H3,(H,46,55)/t31-,32+/m0/s1. The van der Waals surface area contributed by atoms with E-state index in [2.05, 4.69) is 10.6 Å². The number of carbonyl (C=O) groups is 5. The smallest absolute Gasteiger partial charge is 0.418 e. The van der Waals surface area contributed by atoms with E-state index in [1.54, 1.807) is 19.0 Å². The van der Waals surface area contributed by atoms with Crippen LogP contribution in [0.25, 0.3) is 0 Å². The summed E-state index contributed by atoms with van der Waals surface area (Å²) in [7, 11) is 3.13. The minimum Gasteiger partial charge on any atom is -0.454 e. The maximum atomic E-state index is 14.2. The molecule has 0 spiro atoms. The van der Waals surface area contributed by atoms with Crippen LogP contribution in [0.15, 0.2) is 36.4 Å². The topological polar surface area (TPSA) is 170 Å². The first kappa shape index (κ1) is 42.8. The van der Waals surface area contributed by atoms with E-state index in [0.717, 1.165) is 17.3 Å². The molecule has 6 rings (SSSR count). The zero-order valence-electron chi connectivity index (χ0n) is 32.6. The first-order valence-corrected chi connectivity index (χ1v) is 19.9. The number of urea groups is 1. The largest absolute Gasteiger partial charge is 0.454 e. The van der Waals surface area contributed by atoms with Crippen LogP contribution in [0.3, 0.4) is 0 Å². The van der Waals surface area contributed by atoms with Gasteiger partial charge in [-0.05, 0) is 61.4 Å². The van der Waals surface area contributed by atoms with E-state index >= 15 is 0 Å². The van der Waals surface area contributed by atoms with E-state index in [-0.39, 0.29) is 67.4 Å². The van der Waals surface area contributed by atoms with Gasteiger partial charge in [0.1, 0.15) is 6.04 Å². The summed E-state index contributed by atoms with van der Waals surface area (Å²) in [5.41, 5.74) is 5.67. The molecular formula is C39H50ClF3N8O7. The number of nitrogens with zero attached hydrogens (tertiary/aromatic N) is 5. The Morgan fingerprint density at radius 3 is 2.33 bits per heavy atom. The number of piperazine rings is 1. The number of hydrogen-bond acceptors (Lipinski definition) is 10. The number of likely N-dealkylation sites (N-methyl/N-ethyl adjacent to an activating group) is 1. The Hall–Kier alpha value is -4.81. The zero-order chi connectivity index (χ0) is 41.7. The second-order valence-corrected chi connectivity index (χ2v) is 15.7. The number of para-hydroxylation sites is 1. The summed E-state index contributed by atoms with van der Waals surface area (Å²) in [4.78, 5) is 74.2. The van der Waals surface area contributed by atoms with Gasteiger partial charge in [0.25, 0.3) is 11.8 Å². The minimum atomic E-state index is -4.82. The van der Waals surface area contributed by atoms with Crippen molar-refractivity contribution in [3.05, 3.63) is 58.1 Å². The molecule has 0 saturated carbocycles. The van der Waals surface area contributed by atoms with Crippen LogP contribution in [0.1, 0.15) is 42.4 Å². The number of alkyl halides is 3. The molecule has 0 radical (unpaired) electrons. The minimum absolute atomic E-state index is 0.00867. The van der Waals surface area contributed by atoms with Crippen LogP contribution < -0.4 is 16.4 Å². The number of amides is 5. The number of esters is 1. The van der Waals surface area contributed by atoms with Gasteiger partial charge in [0.05, 0.1) is 16.3 Å². The van der Waals surface area contributed by atoms with Crippen LogP contribution in [-0.4, -0.2) is 152 Å². The lowest BCUT2D eigenvalue weighted by Gasteiger charge is -2.44. The number of fused-ring (bicyclic) bond motifs is 1. The quantitative estimate of drug-likeness (QED) is 0.252. The van der Waals surface area contributed by atoms with Crippen LogP contribution >= 0.6 is 11.6 Å². The molecule has 4 heterocycles. The third-order valence-electron chi connectivity index (χ3n) is 11.4. The fraction of sp³-hybridized carbons (Fsp3) is 0.564. The molecule has 19 heteroatoms. The maximum Gasteiger partial charge on any atom is 0.418 e. The Balaban J connectivity index is 1.12. The molecule has 4 aliphatic rings. The average Bonchev–Trinajstić information content (AvgIpc) is 3.38. The fourth-order valence-corrected chi connectivity index (χ4v) is 8.31. The van der Waals surface area contributed by atoms with Crippen molar-refractivity contribution in [2.24, 2.45) is 0 Å². The van der Waals surface area contributed by atoms with E-state index in [9.17, 15) is 37.1 Å². The normalized spacial score (nSPS) is 20.4. The Kier molecular flexibility index (Phi) is 13.6. The molecule has 4 aliphatic heterocycles. The predicted molar refractivity (Wildman–Crippen MR) is 208 cm³/mol. The van der Waals surface area contributed by atoms with E-state index in [1.165, 1.54) is 20.8 Å². The first-order valence-electron chi connectivity index (χ1n) is 19.5. The van der Waals surface area contributed by atoms with Gasteiger partial charge in [0.2, 0.25) is 0 Å². The number of halogens is 4. The molecule has 2 atom stereocenters. The molecule has 0 aromatic heterocycles. The SMILES string of the molecule is CN(C)C(=O)COC(=O)[C@@H]1CNCCN1C1CCN(C(=O)[C@@H](Cc2cc(Cl)c(N)c(C(F)(F)F)c2)OC(=O)N2CCC(N3CCc4ccccc4NC3=O)CC2)CC1. The van der Waals surface area contributed by atoms with Crippen molar-refractivity contribution in [3.63, 3.8) is 0 Å². The number of nitrogens with two attached hydrogens (primary N) is 1. The van der Waals surface area contributed by atoms with Crippen molar-refractivity contribution in [1.29, 1.82) is 0 Å². The zero-order valence-corrected chi connectivity index (χ0v) is 33.3. The summed E-state index contributed by atoms with van der Waals surface area (Å²) in [5, 5.41) is 5.82. The Morgan fingerprint density at radius 2 is 1.64 bits per heavy atom. The lowest BCUT2D eigenvalue weighted by Crippen LogP contribution is -2.61. The molecule has 3 fully saturated rings. The number of piperidine rings is 2. The van der Waals surface area contributed by atoms with Crippen LogP contribution in [0.5, 0.6) is 0 Å². The predicted octanol–water partition coefficient (Wildman–Crippen LogP) is 3.44. The lowest BCUT2D eigenvalue weighted by molar-refractivity contribution is -0.158. The van der Waals surface area contributed by atoms with Gasteiger partial charge in [-0.25, -0.2) is 9.59 Å². The molecular weight excluding hydrogens is 785 g/mol. The van der Waals surface area contributed by atoms with E-state index in [4.69, 9.17) is 26.8 Å². The summed E-state index contributed by atoms with van der Waals surface area (Å²) in [6, 6.07) is 8.54. The van der Waals surface area contributed by atoms with E-state index < -0.39 is 54.0 Å². The molecule has 15 nitrogen and oxygen atoms in total. The molecule has 0 bridgehead atoms. The fourth-order valence-electron chi connectivity index (χ4n) is 8.07. The van der Waals surface area contributed by atoms with E-state index in [0.29, 0.717) is 58.3 Å². The molecule has 316 valence electrons. The van der Waals surface area contributed by atoms with Crippen molar-refractivity contribution >= 4 is 52.9 Å². The summed E-state index contributed by atoms with van der Waals surface area (Å²) >= 11 is 6.13. The van der Waals surface area contributed by atoms with Crippen LogP contribution in [0, 0.1) is 0 Å². The third kappa shape index (κ3) is 10.1. The second kappa shape index (κ2) is 18.4. The van der Waals surface area contributed by atoms with Gasteiger partial charge in [-0.2, -0.15) is 13.2 Å². The number of hydrogen-bond donors (Lipinski definition) is 3. The van der Waals surface area contributed by atoms with Gasteiger partial charge >= 0.3 is 24.3 Å². The first-order chi connectivity index (χ1) is 27.6. The number of anilines is 2. The van der Waals surface area contributed by atoms with Gasteiger partial charge < -0.3 is 45.4 Å². The molecule has 5 amide bonds. The highest BCUT2D eigenvalue weighted by Crippen LogP contribution is 2.38. The molecule has 0 unspecified atom stereocenters. The molecule has 0 aliphatic carbocycles. The lowest BCUT2D eigenvalue weighted by atomic mass is 9.98. The van der Waals surface area contributed by atoms with Crippen molar-refractivity contribution in [1.82, 2.24) is 29.8 Å². The van der Waals surface area contributed by atoms with Gasteiger partial charge in [0.15, 0.2) is 12.7 Å². The van der Waals surface area contributed by atoms with E-state index in [1.807, 2.05) is 29.2 Å². The Labute approximate surface area is 339 Å². The van der Waals surface area contributed by atoms with Gasteiger partial charge in [-0.3, -0.25) is 19.3 Å². The number of ether oxygens (including phenoxy) is 2. The van der Waals surface area contributed by atoms with Crippen molar-refractivity contribution in [3.8, 4) is 0 Å². The summed E-state index contributed by atoms with van der Waals surface area (Å²) < 4.78 is 52.9. The highest BCUT2D eigenvalue weighted by atomic mass is 35.5. The van der Waals surface area contributed by atoms with Crippen LogP contribution in [0.2, 0.25) is 5.02 Å². The van der Waals surface area contributed by atoms with Gasteiger partial charge in [-0.15, -0.1) is 0 Å². The number of likely N-dealkylation sites (tertiary alicyclic amines) is 2. The molecule has 2 aromatic rings. The summed E-state index contributed by atoms with van der Waals surface area (Å²) in [5.74, 6) is -1.46. The Morgan fingerprint density at radius 1 is 0.966 bits per heavy atom. The number of benzene rings is 2. The number of carbonyl (C=O) groups excluding carboxylic acids is 5. The van der Waals surface area contributed by atoms with Gasteiger partial charge in [-0.1, -0.05) is 29.8 Å². The van der Waals surface area contributed by atoms with Crippen molar-refractivity contribution in [2.75, 3.05) is 84.1 Å². The third-order valence-corrected chi connectivity index (χ3v) is 11.7. The molecule has 2 aromatic carbocycles. The maximum absolute atomic E-state index is 14.2. The summed E-state index contributed by atoms with van der Waals surface area (Å²) in [6.07, 6.45) is -5.00. The highest BCUT2D eigenvalue weighted by molar-refractivity contribution is 6.33. The summed E-state index contributed by atoms with van der Waals surface area (Å²) in [6.45, 7) is 2.53. The second-order valence-electron chi connectivity index (χ2n) is 15.3. The van der Waals surface area contributed by atoms with Gasteiger partial charge in [0, 0.05) is 90.6 Å². The number of nitrogen functional groups attached to an aromatic ring is 1. The Bertz CT molecular complexity index is 1850. The average molecular weight is 835 g/mol. The highest BCUT2D eigenvalue weighted by Gasteiger charge is 2.40.